The molecular formula is C18H21IO2. The number of phenolic OH excluding ortho intramolecular Hbond substituents is 1. The van der Waals surface area contributed by atoms with E-state index >= 15 is 0 Å². The summed E-state index contributed by atoms with van der Waals surface area (Å²) >= 11 is 2.31. The third kappa shape index (κ3) is 2.33. The Morgan fingerprint density at radius 3 is 2.90 bits per heavy atom. The first-order chi connectivity index (χ1) is 9.98. The van der Waals surface area contributed by atoms with Gasteiger partial charge in [0.05, 0.1) is 3.92 Å². The first-order valence-corrected chi connectivity index (χ1v) is 8.95. The second-order valence-corrected chi connectivity index (χ2v) is 7.94. The van der Waals surface area contributed by atoms with E-state index in [1.165, 1.54) is 29.5 Å². The molecule has 0 heterocycles. The molecule has 112 valence electrons. The Hall–Kier alpha value is -0.840. The van der Waals surface area contributed by atoms with Gasteiger partial charge in [-0.15, -0.1) is 0 Å². The molecule has 0 radical (unpaired) electrons. The number of alkyl halides is 1. The molecule has 2 atom stereocenters. The molecule has 0 bridgehead atoms. The highest BCUT2D eigenvalue weighted by atomic mass is 127. The number of Topliss-reactive ketones (excluding diaryl/α,β-unsaturated/α-hetero) is 1. The minimum absolute atomic E-state index is 0.0890. The molecular weight excluding hydrogens is 375 g/mol. The summed E-state index contributed by atoms with van der Waals surface area (Å²) in [6.45, 7) is 4.21. The quantitative estimate of drug-likeness (QED) is 0.596. The summed E-state index contributed by atoms with van der Waals surface area (Å²) in [6.07, 6.45) is 5.41. The second kappa shape index (κ2) is 5.41. The van der Waals surface area contributed by atoms with Gasteiger partial charge in [-0.05, 0) is 60.6 Å². The van der Waals surface area contributed by atoms with E-state index in [1.54, 1.807) is 6.07 Å². The van der Waals surface area contributed by atoms with Crippen molar-refractivity contribution in [3.8, 4) is 5.75 Å². The van der Waals surface area contributed by atoms with E-state index in [0.29, 0.717) is 11.5 Å². The van der Waals surface area contributed by atoms with Crippen molar-refractivity contribution >= 4 is 33.9 Å². The summed E-state index contributed by atoms with van der Waals surface area (Å²) in [7, 11) is 0. The minimum Gasteiger partial charge on any atom is -0.508 e. The topological polar surface area (TPSA) is 37.3 Å². The lowest BCUT2D eigenvalue weighted by Crippen LogP contribution is -2.34. The van der Waals surface area contributed by atoms with Crippen LogP contribution in [0.5, 0.6) is 5.75 Å². The molecule has 2 aliphatic rings. The molecule has 3 heteroatoms. The van der Waals surface area contributed by atoms with Crippen LogP contribution in [-0.2, 0) is 11.2 Å². The maximum atomic E-state index is 12.4. The first kappa shape index (κ1) is 15.1. The summed E-state index contributed by atoms with van der Waals surface area (Å²) in [5, 5.41) is 9.78. The van der Waals surface area contributed by atoms with E-state index in [2.05, 4.69) is 29.5 Å². The molecule has 1 N–H and O–H groups in total. The molecule has 21 heavy (non-hydrogen) atoms. The Labute approximate surface area is 139 Å². The van der Waals surface area contributed by atoms with Gasteiger partial charge in [-0.2, -0.15) is 0 Å². The highest BCUT2D eigenvalue weighted by Gasteiger charge is 2.48. The zero-order valence-corrected chi connectivity index (χ0v) is 14.7. The van der Waals surface area contributed by atoms with Gasteiger partial charge in [-0.25, -0.2) is 0 Å². The molecule has 1 aromatic carbocycles. The summed E-state index contributed by atoms with van der Waals surface area (Å²) < 4.78 is 0.0890. The van der Waals surface area contributed by atoms with Crippen molar-refractivity contribution in [1.82, 2.24) is 0 Å². The van der Waals surface area contributed by atoms with Crippen LogP contribution in [0.2, 0.25) is 0 Å². The van der Waals surface area contributed by atoms with Crippen LogP contribution in [0.3, 0.4) is 0 Å². The molecule has 0 fully saturated rings. The maximum Gasteiger partial charge on any atom is 0.171 e. The molecule has 1 aromatic rings. The predicted molar refractivity (Wildman–Crippen MR) is 93.8 cm³/mol. The van der Waals surface area contributed by atoms with Crippen molar-refractivity contribution in [3.05, 3.63) is 34.9 Å². The van der Waals surface area contributed by atoms with Crippen LogP contribution in [-0.4, -0.2) is 14.8 Å². The van der Waals surface area contributed by atoms with Crippen molar-refractivity contribution in [2.24, 2.45) is 5.41 Å². The Balaban J connectivity index is 2.17. The van der Waals surface area contributed by atoms with Gasteiger partial charge < -0.3 is 5.11 Å². The molecule has 0 amide bonds. The lowest BCUT2D eigenvalue weighted by molar-refractivity contribution is -0.115. The van der Waals surface area contributed by atoms with Gasteiger partial charge in [-0.3, -0.25) is 4.79 Å². The van der Waals surface area contributed by atoms with Gasteiger partial charge in [0.1, 0.15) is 5.75 Å². The zero-order chi connectivity index (χ0) is 15.2. The zero-order valence-electron chi connectivity index (χ0n) is 12.6. The SMILES string of the molecule is CCCC[C@]12Cc3cc(O)ccc3C1=C(C)C(=O)[C@@H](I)C2. The van der Waals surface area contributed by atoms with E-state index in [4.69, 9.17) is 0 Å². The van der Waals surface area contributed by atoms with Crippen molar-refractivity contribution in [2.45, 2.75) is 49.9 Å². The summed E-state index contributed by atoms with van der Waals surface area (Å²) in [5.41, 5.74) is 4.72. The van der Waals surface area contributed by atoms with E-state index in [1.807, 2.05) is 19.1 Å². The van der Waals surface area contributed by atoms with Crippen molar-refractivity contribution < 1.29 is 9.90 Å². The van der Waals surface area contributed by atoms with Crippen molar-refractivity contribution in [2.75, 3.05) is 0 Å². The Bertz CT molecular complexity index is 632. The van der Waals surface area contributed by atoms with Crippen LogP contribution >= 0.6 is 22.6 Å². The number of ketones is 1. The number of phenols is 1. The van der Waals surface area contributed by atoms with Gasteiger partial charge in [0, 0.05) is 5.41 Å². The Morgan fingerprint density at radius 2 is 2.19 bits per heavy atom. The second-order valence-electron chi connectivity index (χ2n) is 6.44. The lowest BCUT2D eigenvalue weighted by Gasteiger charge is -2.38. The highest BCUT2D eigenvalue weighted by molar-refractivity contribution is 14.1. The molecule has 0 unspecified atom stereocenters. The smallest absolute Gasteiger partial charge is 0.171 e. The fourth-order valence-electron chi connectivity index (χ4n) is 4.11. The van der Waals surface area contributed by atoms with E-state index in [0.717, 1.165) is 24.8 Å². The Morgan fingerprint density at radius 1 is 1.43 bits per heavy atom. The van der Waals surface area contributed by atoms with Gasteiger partial charge in [-0.1, -0.05) is 48.4 Å². The number of benzene rings is 1. The average molecular weight is 396 g/mol. The largest absolute Gasteiger partial charge is 0.508 e. The number of carbonyl (C=O) groups excluding carboxylic acids is 1. The average Bonchev–Trinajstić information content (AvgIpc) is 2.76. The number of halogens is 1. The molecule has 0 saturated carbocycles. The fourth-order valence-corrected chi connectivity index (χ4v) is 5.42. The number of unbranched alkanes of at least 4 members (excludes halogenated alkanes) is 1. The van der Waals surface area contributed by atoms with Crippen molar-refractivity contribution in [3.63, 3.8) is 0 Å². The summed E-state index contributed by atoms with van der Waals surface area (Å²) in [5.74, 6) is 0.618. The number of allylic oxidation sites excluding steroid dienone is 2. The molecule has 0 spiro atoms. The van der Waals surface area contributed by atoms with Gasteiger partial charge in [0.2, 0.25) is 0 Å². The summed E-state index contributed by atoms with van der Waals surface area (Å²) in [6, 6.07) is 5.63. The normalized spacial score (nSPS) is 27.8. The number of carbonyl (C=O) groups is 1. The number of hydrogen-bond acceptors (Lipinski definition) is 2. The van der Waals surface area contributed by atoms with Crippen molar-refractivity contribution in [1.29, 1.82) is 0 Å². The van der Waals surface area contributed by atoms with E-state index in [9.17, 15) is 9.90 Å². The van der Waals surface area contributed by atoms with Crippen LogP contribution in [0.1, 0.15) is 50.7 Å². The Kier molecular flexibility index (Phi) is 3.89. The van der Waals surface area contributed by atoms with Gasteiger partial charge >= 0.3 is 0 Å². The molecule has 3 rings (SSSR count). The molecule has 2 nitrogen and oxygen atoms in total. The fraction of sp³-hybridized carbons (Fsp3) is 0.500. The lowest BCUT2D eigenvalue weighted by atomic mass is 9.67. The summed E-state index contributed by atoms with van der Waals surface area (Å²) in [4.78, 5) is 12.4. The number of fused-ring (bicyclic) bond motifs is 3. The van der Waals surface area contributed by atoms with Crippen LogP contribution in [0, 0.1) is 5.41 Å². The first-order valence-electron chi connectivity index (χ1n) is 7.70. The minimum atomic E-state index is 0.0890. The molecule has 2 aliphatic carbocycles. The third-order valence-electron chi connectivity index (χ3n) is 5.03. The number of rotatable bonds is 3. The standard InChI is InChI=1S/C18H21IO2/c1-3-4-7-18-9-12-8-13(20)5-6-14(12)16(18)11(2)17(21)15(19)10-18/h5-6,8,15,20H,3-4,7,9-10H2,1-2H3/t15-,18+/m0/s1. The molecule has 0 aliphatic heterocycles. The van der Waals surface area contributed by atoms with E-state index in [-0.39, 0.29) is 9.34 Å². The third-order valence-corrected chi connectivity index (χ3v) is 6.03. The van der Waals surface area contributed by atoms with Gasteiger partial charge in [0.15, 0.2) is 5.78 Å². The highest BCUT2D eigenvalue weighted by Crippen LogP contribution is 2.57. The molecule has 0 aromatic heterocycles. The monoisotopic (exact) mass is 396 g/mol. The van der Waals surface area contributed by atoms with Crippen LogP contribution < -0.4 is 0 Å². The van der Waals surface area contributed by atoms with Crippen LogP contribution in [0.15, 0.2) is 23.8 Å². The number of aromatic hydroxyl groups is 1. The predicted octanol–water partition coefficient (Wildman–Crippen LogP) is 4.67. The molecule has 0 saturated heterocycles. The number of hydrogen-bond donors (Lipinski definition) is 1. The van der Waals surface area contributed by atoms with E-state index < -0.39 is 0 Å². The van der Waals surface area contributed by atoms with Gasteiger partial charge in [0.25, 0.3) is 0 Å². The van der Waals surface area contributed by atoms with Crippen LogP contribution in [0.4, 0.5) is 0 Å². The maximum absolute atomic E-state index is 12.4. The van der Waals surface area contributed by atoms with Crippen LogP contribution in [0.25, 0.3) is 5.57 Å².